The lowest BCUT2D eigenvalue weighted by Gasteiger charge is -2.05. The van der Waals surface area contributed by atoms with Gasteiger partial charge in [0.1, 0.15) is 5.75 Å². The third-order valence-corrected chi connectivity index (χ3v) is 1.35. The third-order valence-electron chi connectivity index (χ3n) is 1.35. The van der Waals surface area contributed by atoms with Gasteiger partial charge < -0.3 is 10.2 Å². The summed E-state index contributed by atoms with van der Waals surface area (Å²) < 4.78 is 36.5. The van der Waals surface area contributed by atoms with Crippen molar-refractivity contribution in [3.63, 3.8) is 0 Å². The van der Waals surface area contributed by atoms with Crippen LogP contribution >= 0.6 is 0 Å². The maximum Gasteiger partial charge on any atom is 0.270 e. The number of hydrogen-bond acceptors (Lipinski definition) is 2. The van der Waals surface area contributed by atoms with Crippen molar-refractivity contribution in [1.29, 1.82) is 0 Å². The second-order valence-corrected chi connectivity index (χ2v) is 2.13. The van der Waals surface area contributed by atoms with Crippen LogP contribution in [-0.2, 0) is 0 Å². The van der Waals surface area contributed by atoms with Gasteiger partial charge in [0.25, 0.3) is 6.43 Å². The molecule has 0 atom stereocenters. The van der Waals surface area contributed by atoms with E-state index < -0.39 is 29.3 Å². The molecule has 0 aliphatic rings. The van der Waals surface area contributed by atoms with Crippen molar-refractivity contribution in [2.24, 2.45) is 0 Å². The second-order valence-electron chi connectivity index (χ2n) is 2.13. The van der Waals surface area contributed by atoms with Crippen LogP contribution in [0.2, 0.25) is 0 Å². The van der Waals surface area contributed by atoms with E-state index in [0.717, 1.165) is 12.1 Å². The minimum Gasteiger partial charge on any atom is -0.507 e. The van der Waals surface area contributed by atoms with Gasteiger partial charge in [-0.25, -0.2) is 13.2 Å². The molecule has 0 aromatic heterocycles. The standard InChI is InChI=1S/C7H5F3O2/c8-6-4(12)2-1-3(11)5(6)7(9)10/h1-2,7,11-12H. The minimum absolute atomic E-state index is 0.802. The highest BCUT2D eigenvalue weighted by molar-refractivity contribution is 5.41. The Bertz CT molecular complexity index is 299. The van der Waals surface area contributed by atoms with E-state index in [-0.39, 0.29) is 0 Å². The van der Waals surface area contributed by atoms with Crippen LogP contribution in [0.15, 0.2) is 12.1 Å². The van der Waals surface area contributed by atoms with E-state index in [4.69, 9.17) is 10.2 Å². The molecule has 0 aliphatic carbocycles. The summed E-state index contributed by atoms with van der Waals surface area (Å²) in [6.45, 7) is 0. The van der Waals surface area contributed by atoms with Crippen molar-refractivity contribution in [3.05, 3.63) is 23.5 Å². The van der Waals surface area contributed by atoms with Gasteiger partial charge in [-0.05, 0) is 12.1 Å². The van der Waals surface area contributed by atoms with Crippen molar-refractivity contribution in [1.82, 2.24) is 0 Å². The zero-order valence-corrected chi connectivity index (χ0v) is 5.76. The van der Waals surface area contributed by atoms with E-state index in [9.17, 15) is 13.2 Å². The Morgan fingerprint density at radius 2 is 1.58 bits per heavy atom. The summed E-state index contributed by atoms with van der Waals surface area (Å²) >= 11 is 0. The molecule has 66 valence electrons. The Kier molecular flexibility index (Phi) is 2.12. The molecule has 1 aromatic carbocycles. The quantitative estimate of drug-likeness (QED) is 0.647. The molecular formula is C7H5F3O2. The smallest absolute Gasteiger partial charge is 0.270 e. The fourth-order valence-electron chi connectivity index (χ4n) is 0.779. The summed E-state index contributed by atoms with van der Waals surface area (Å²) in [5, 5.41) is 17.4. The first kappa shape index (κ1) is 8.70. The predicted octanol–water partition coefficient (Wildman–Crippen LogP) is 2.17. The number of phenolic OH excluding ortho intramolecular Hbond substituents is 2. The van der Waals surface area contributed by atoms with Gasteiger partial charge in [0.15, 0.2) is 11.6 Å². The molecule has 0 unspecified atom stereocenters. The molecular weight excluding hydrogens is 173 g/mol. The van der Waals surface area contributed by atoms with E-state index in [2.05, 4.69) is 0 Å². The molecule has 0 amide bonds. The summed E-state index contributed by atoms with van der Waals surface area (Å²) in [4.78, 5) is 0. The van der Waals surface area contributed by atoms with Gasteiger partial charge in [-0.1, -0.05) is 0 Å². The maximum absolute atomic E-state index is 12.6. The molecule has 12 heavy (non-hydrogen) atoms. The highest BCUT2D eigenvalue weighted by Gasteiger charge is 2.20. The van der Waals surface area contributed by atoms with Crippen LogP contribution in [0.4, 0.5) is 13.2 Å². The number of rotatable bonds is 1. The molecule has 0 saturated heterocycles. The molecule has 0 radical (unpaired) electrons. The van der Waals surface area contributed by atoms with Crippen LogP contribution in [0.1, 0.15) is 12.0 Å². The molecule has 0 spiro atoms. The Hall–Kier alpha value is -1.39. The predicted molar refractivity (Wildman–Crippen MR) is 34.7 cm³/mol. The summed E-state index contributed by atoms with van der Waals surface area (Å²) in [5.41, 5.74) is -1.17. The van der Waals surface area contributed by atoms with Crippen LogP contribution in [0.3, 0.4) is 0 Å². The Labute approximate surface area is 65.9 Å². The minimum atomic E-state index is -3.14. The Morgan fingerprint density at radius 1 is 1.08 bits per heavy atom. The lowest BCUT2D eigenvalue weighted by molar-refractivity contribution is 0.141. The van der Waals surface area contributed by atoms with Crippen LogP contribution < -0.4 is 0 Å². The number of hydrogen-bond donors (Lipinski definition) is 2. The van der Waals surface area contributed by atoms with Crippen LogP contribution in [0.25, 0.3) is 0 Å². The average molecular weight is 178 g/mol. The summed E-state index contributed by atoms with van der Waals surface area (Å²) in [6, 6.07) is 1.61. The molecule has 0 bridgehead atoms. The molecule has 0 saturated carbocycles. The number of alkyl halides is 2. The third kappa shape index (κ3) is 1.30. The highest BCUT2D eigenvalue weighted by Crippen LogP contribution is 2.34. The van der Waals surface area contributed by atoms with E-state index >= 15 is 0 Å². The number of aromatic hydroxyl groups is 2. The van der Waals surface area contributed by atoms with Crippen molar-refractivity contribution in [2.45, 2.75) is 6.43 Å². The number of phenols is 2. The van der Waals surface area contributed by atoms with Gasteiger partial charge in [0.2, 0.25) is 0 Å². The lowest BCUT2D eigenvalue weighted by Crippen LogP contribution is -1.91. The Morgan fingerprint density at radius 3 is 2.00 bits per heavy atom. The summed E-state index contributed by atoms with van der Waals surface area (Å²) in [5.74, 6) is -3.24. The zero-order chi connectivity index (χ0) is 9.30. The van der Waals surface area contributed by atoms with Crippen molar-refractivity contribution < 1.29 is 23.4 Å². The fourth-order valence-corrected chi connectivity index (χ4v) is 0.779. The van der Waals surface area contributed by atoms with E-state index in [1.54, 1.807) is 0 Å². The zero-order valence-electron chi connectivity index (χ0n) is 5.76. The molecule has 0 fully saturated rings. The number of halogens is 3. The highest BCUT2D eigenvalue weighted by atomic mass is 19.3. The molecule has 2 nitrogen and oxygen atoms in total. The summed E-state index contributed by atoms with van der Waals surface area (Å²) in [7, 11) is 0. The van der Waals surface area contributed by atoms with E-state index in [0.29, 0.717) is 0 Å². The van der Waals surface area contributed by atoms with Gasteiger partial charge in [-0.15, -0.1) is 0 Å². The van der Waals surface area contributed by atoms with Crippen LogP contribution in [0.5, 0.6) is 11.5 Å². The average Bonchev–Trinajstić information content (AvgIpc) is 1.97. The van der Waals surface area contributed by atoms with Crippen LogP contribution in [-0.4, -0.2) is 10.2 Å². The maximum atomic E-state index is 12.6. The topological polar surface area (TPSA) is 40.5 Å². The second kappa shape index (κ2) is 2.92. The first-order valence-corrected chi connectivity index (χ1v) is 3.02. The van der Waals surface area contributed by atoms with Crippen molar-refractivity contribution >= 4 is 0 Å². The van der Waals surface area contributed by atoms with Gasteiger partial charge in [-0.3, -0.25) is 0 Å². The van der Waals surface area contributed by atoms with E-state index in [1.165, 1.54) is 0 Å². The molecule has 5 heteroatoms. The number of benzene rings is 1. The first-order chi connectivity index (χ1) is 5.54. The molecule has 0 aliphatic heterocycles. The monoisotopic (exact) mass is 178 g/mol. The van der Waals surface area contributed by atoms with E-state index in [1.807, 2.05) is 0 Å². The molecule has 1 aromatic rings. The first-order valence-electron chi connectivity index (χ1n) is 3.02. The van der Waals surface area contributed by atoms with Gasteiger partial charge in [0.05, 0.1) is 5.56 Å². The van der Waals surface area contributed by atoms with Gasteiger partial charge in [0, 0.05) is 0 Å². The summed E-state index contributed by atoms with van der Waals surface area (Å²) in [6.07, 6.45) is -3.14. The molecule has 2 N–H and O–H groups in total. The van der Waals surface area contributed by atoms with Crippen molar-refractivity contribution in [2.75, 3.05) is 0 Å². The van der Waals surface area contributed by atoms with Crippen molar-refractivity contribution in [3.8, 4) is 11.5 Å². The SMILES string of the molecule is Oc1ccc(O)c(C(F)F)c1F. The largest absolute Gasteiger partial charge is 0.507 e. The normalized spacial score (nSPS) is 10.7. The Balaban J connectivity index is 3.33. The fraction of sp³-hybridized carbons (Fsp3) is 0.143. The van der Waals surface area contributed by atoms with Crippen LogP contribution in [0, 0.1) is 5.82 Å². The molecule has 1 rings (SSSR count). The molecule has 0 heterocycles. The van der Waals surface area contributed by atoms with Gasteiger partial charge >= 0.3 is 0 Å². The van der Waals surface area contributed by atoms with Gasteiger partial charge in [-0.2, -0.15) is 0 Å². The lowest BCUT2D eigenvalue weighted by atomic mass is 10.2.